The van der Waals surface area contributed by atoms with Crippen molar-refractivity contribution >= 4 is 21.8 Å². The molecule has 2 fully saturated rings. The van der Waals surface area contributed by atoms with Gasteiger partial charge in [0, 0.05) is 16.1 Å². The Morgan fingerprint density at radius 2 is 1.83 bits per heavy atom. The minimum absolute atomic E-state index is 0.0841. The van der Waals surface area contributed by atoms with E-state index in [1.54, 1.807) is 0 Å². The van der Waals surface area contributed by atoms with Crippen LogP contribution < -0.4 is 5.32 Å². The maximum absolute atomic E-state index is 12.9. The number of hydrogen-bond donors (Lipinski definition) is 1. The second-order valence-corrected chi connectivity index (χ2v) is 9.27. The van der Waals surface area contributed by atoms with Crippen molar-refractivity contribution in [1.82, 2.24) is 5.32 Å². The summed E-state index contributed by atoms with van der Waals surface area (Å²) in [4.78, 5) is 12.9. The van der Waals surface area contributed by atoms with Crippen LogP contribution in [0.25, 0.3) is 0 Å². The highest BCUT2D eigenvalue weighted by Crippen LogP contribution is 2.65. The highest BCUT2D eigenvalue weighted by molar-refractivity contribution is 9.10. The first kappa shape index (κ1) is 17.0. The van der Waals surface area contributed by atoms with Gasteiger partial charge in [0.1, 0.15) is 0 Å². The van der Waals surface area contributed by atoms with Crippen LogP contribution in [0.3, 0.4) is 0 Å². The van der Waals surface area contributed by atoms with Crippen LogP contribution in [0.15, 0.2) is 10.5 Å². The average Bonchev–Trinajstić information content (AvgIpc) is 2.82. The zero-order valence-corrected chi connectivity index (χ0v) is 16.7. The van der Waals surface area contributed by atoms with Crippen LogP contribution in [0.1, 0.15) is 67.1 Å². The summed E-state index contributed by atoms with van der Waals surface area (Å²) in [6, 6.07) is 2.27. The number of nitrogens with one attached hydrogen (secondary N) is 1. The lowest BCUT2D eigenvalue weighted by Gasteiger charge is -2.39. The number of benzene rings is 1. The molecule has 3 heteroatoms. The summed E-state index contributed by atoms with van der Waals surface area (Å²) in [6.45, 7) is 13.4. The van der Waals surface area contributed by atoms with Gasteiger partial charge in [-0.1, -0.05) is 36.7 Å². The van der Waals surface area contributed by atoms with Gasteiger partial charge in [0.05, 0.1) is 0 Å². The fourth-order valence-electron chi connectivity index (χ4n) is 4.90. The van der Waals surface area contributed by atoms with Crippen LogP contribution in [0.5, 0.6) is 0 Å². The summed E-state index contributed by atoms with van der Waals surface area (Å²) in [5.41, 5.74) is 4.86. The summed E-state index contributed by atoms with van der Waals surface area (Å²) >= 11 is 3.59. The Bertz CT molecular complexity index is 679. The summed E-state index contributed by atoms with van der Waals surface area (Å²) in [6.07, 6.45) is 3.66. The van der Waals surface area contributed by atoms with Crippen molar-refractivity contribution in [2.75, 3.05) is 0 Å². The molecule has 2 aliphatic rings. The molecular weight excluding hydrogens is 350 g/mol. The molecule has 0 radical (unpaired) electrons. The fourth-order valence-corrected chi connectivity index (χ4v) is 5.43. The lowest BCUT2D eigenvalue weighted by atomic mass is 9.69. The number of carbonyl (C=O) groups is 1. The van der Waals surface area contributed by atoms with Gasteiger partial charge in [-0.3, -0.25) is 4.79 Å². The van der Waals surface area contributed by atoms with E-state index in [9.17, 15) is 4.79 Å². The molecule has 2 saturated carbocycles. The van der Waals surface area contributed by atoms with Gasteiger partial charge in [0.15, 0.2) is 0 Å². The van der Waals surface area contributed by atoms with Crippen molar-refractivity contribution in [3.8, 4) is 0 Å². The van der Waals surface area contributed by atoms with Crippen LogP contribution in [-0.4, -0.2) is 11.9 Å². The van der Waals surface area contributed by atoms with E-state index in [1.807, 2.05) is 6.07 Å². The smallest absolute Gasteiger partial charge is 0.251 e. The monoisotopic (exact) mass is 377 g/mol. The Labute approximate surface area is 148 Å². The van der Waals surface area contributed by atoms with E-state index in [0.717, 1.165) is 27.9 Å². The Morgan fingerprint density at radius 1 is 1.17 bits per heavy atom. The molecule has 23 heavy (non-hydrogen) atoms. The maximum atomic E-state index is 12.9. The number of rotatable bonds is 2. The van der Waals surface area contributed by atoms with Crippen molar-refractivity contribution < 1.29 is 4.79 Å². The second-order valence-electron chi connectivity index (χ2n) is 8.42. The van der Waals surface area contributed by atoms with Crippen molar-refractivity contribution in [2.45, 2.75) is 66.8 Å². The molecule has 1 aromatic rings. The average molecular weight is 378 g/mol. The van der Waals surface area contributed by atoms with Crippen LogP contribution >= 0.6 is 15.9 Å². The first-order valence-electron chi connectivity index (χ1n) is 8.66. The molecule has 1 amide bonds. The molecule has 126 valence electrons. The van der Waals surface area contributed by atoms with Gasteiger partial charge in [0.25, 0.3) is 5.91 Å². The lowest BCUT2D eigenvalue weighted by Crippen LogP contribution is -2.47. The molecular formula is C20H28BrNO. The van der Waals surface area contributed by atoms with Crippen LogP contribution in [-0.2, 0) is 0 Å². The molecule has 0 heterocycles. The van der Waals surface area contributed by atoms with Crippen molar-refractivity contribution in [3.63, 3.8) is 0 Å². The van der Waals surface area contributed by atoms with Crippen LogP contribution in [0.4, 0.5) is 0 Å². The minimum atomic E-state index is 0.0841. The van der Waals surface area contributed by atoms with Gasteiger partial charge in [0.2, 0.25) is 0 Å². The molecule has 2 bridgehead atoms. The van der Waals surface area contributed by atoms with Crippen LogP contribution in [0, 0.1) is 37.5 Å². The molecule has 3 rings (SSSR count). The van der Waals surface area contributed by atoms with Crippen LogP contribution in [0.2, 0.25) is 0 Å². The Balaban J connectivity index is 1.87. The zero-order valence-electron chi connectivity index (χ0n) is 15.1. The van der Waals surface area contributed by atoms with E-state index in [1.165, 1.54) is 24.0 Å². The Morgan fingerprint density at radius 3 is 2.35 bits per heavy atom. The fraction of sp³-hybridized carbons (Fsp3) is 0.650. The molecule has 0 saturated heterocycles. The summed E-state index contributed by atoms with van der Waals surface area (Å²) in [5.74, 6) is 0.825. The summed E-state index contributed by atoms with van der Waals surface area (Å²) < 4.78 is 1.02. The number of fused-ring (bicyclic) bond motifs is 2. The zero-order chi connectivity index (χ0) is 17.2. The standard InChI is InChI=1S/C20H28BrNO/c1-11-12(2)15(10-16(21)13(11)3)18(23)22-17-9-14-7-8-20(17,6)19(14,4)5/h10,14,17H,7-9H2,1-6H3,(H,22,23)/t14-,17-,20+/m1/s1. The molecule has 2 aliphatic carbocycles. The SMILES string of the molecule is Cc1c(Br)cc(C(=O)N[C@@H]2C[C@H]3CC[C@]2(C)C3(C)C)c(C)c1C. The van der Waals surface area contributed by atoms with Crippen molar-refractivity contribution in [1.29, 1.82) is 0 Å². The molecule has 0 spiro atoms. The highest BCUT2D eigenvalue weighted by atomic mass is 79.9. The van der Waals surface area contributed by atoms with Crippen molar-refractivity contribution in [3.05, 3.63) is 32.8 Å². The molecule has 0 aliphatic heterocycles. The predicted molar refractivity (Wildman–Crippen MR) is 98.8 cm³/mol. The number of carbonyl (C=O) groups excluding carboxylic acids is 1. The first-order chi connectivity index (χ1) is 10.6. The number of amides is 1. The summed E-state index contributed by atoms with van der Waals surface area (Å²) in [5, 5.41) is 3.38. The predicted octanol–water partition coefficient (Wildman–Crippen LogP) is 5.32. The highest BCUT2D eigenvalue weighted by Gasteiger charge is 2.61. The third kappa shape index (κ3) is 2.30. The Kier molecular flexibility index (Phi) is 3.95. The van der Waals surface area contributed by atoms with Gasteiger partial charge in [-0.2, -0.15) is 0 Å². The van der Waals surface area contributed by atoms with Gasteiger partial charge in [-0.25, -0.2) is 0 Å². The largest absolute Gasteiger partial charge is 0.349 e. The van der Waals surface area contributed by atoms with Crippen molar-refractivity contribution in [2.24, 2.45) is 16.7 Å². The van der Waals surface area contributed by atoms with E-state index in [-0.39, 0.29) is 11.3 Å². The minimum Gasteiger partial charge on any atom is -0.349 e. The van der Waals surface area contributed by atoms with Gasteiger partial charge < -0.3 is 5.32 Å². The molecule has 3 atom stereocenters. The molecule has 1 N–H and O–H groups in total. The Hall–Kier alpha value is -0.830. The van der Waals surface area contributed by atoms with E-state index >= 15 is 0 Å². The summed E-state index contributed by atoms with van der Waals surface area (Å²) in [7, 11) is 0. The maximum Gasteiger partial charge on any atom is 0.251 e. The number of hydrogen-bond acceptors (Lipinski definition) is 1. The molecule has 0 unspecified atom stereocenters. The second kappa shape index (κ2) is 5.34. The van der Waals surface area contributed by atoms with E-state index in [4.69, 9.17) is 0 Å². The third-order valence-corrected chi connectivity index (χ3v) is 8.33. The van der Waals surface area contributed by atoms with Gasteiger partial charge in [-0.15, -0.1) is 0 Å². The lowest BCUT2D eigenvalue weighted by molar-refractivity contribution is 0.0825. The number of halogens is 1. The van der Waals surface area contributed by atoms with Gasteiger partial charge in [-0.05, 0) is 79.5 Å². The van der Waals surface area contributed by atoms with E-state index < -0.39 is 0 Å². The molecule has 0 aromatic heterocycles. The van der Waals surface area contributed by atoms with E-state index in [2.05, 4.69) is 62.8 Å². The normalized spacial score (nSPS) is 31.4. The van der Waals surface area contributed by atoms with Gasteiger partial charge >= 0.3 is 0 Å². The molecule has 2 nitrogen and oxygen atoms in total. The van der Waals surface area contributed by atoms with E-state index in [0.29, 0.717) is 11.5 Å². The quantitative estimate of drug-likeness (QED) is 0.742. The third-order valence-electron chi connectivity index (χ3n) is 7.50. The molecule has 1 aromatic carbocycles. The topological polar surface area (TPSA) is 29.1 Å². The first-order valence-corrected chi connectivity index (χ1v) is 9.46.